The average molecular weight is 454 g/mol. The van der Waals surface area contributed by atoms with E-state index in [1.165, 1.54) is 0 Å². The molecule has 2 rings (SSSR count). The fraction of sp³-hybridized carbons (Fsp3) is 0.609. The van der Waals surface area contributed by atoms with Gasteiger partial charge in [0, 0.05) is 0 Å². The van der Waals surface area contributed by atoms with E-state index in [2.05, 4.69) is 0 Å². The van der Waals surface area contributed by atoms with Crippen molar-refractivity contribution in [3.8, 4) is 0 Å². The molecule has 0 bridgehead atoms. The molecule has 31 heavy (non-hydrogen) atoms. The van der Waals surface area contributed by atoms with Crippen LogP contribution in [-0.4, -0.2) is 50.0 Å². The summed E-state index contributed by atoms with van der Waals surface area (Å²) in [6.45, 7) is 11.6. The highest BCUT2D eigenvalue weighted by Crippen LogP contribution is 2.30. The molecule has 1 amide bonds. The summed E-state index contributed by atoms with van der Waals surface area (Å²) in [6, 6.07) is 6.39. The Kier molecular flexibility index (Phi) is 8.30. The van der Waals surface area contributed by atoms with E-state index in [9.17, 15) is 13.2 Å². The third kappa shape index (κ3) is 7.63. The summed E-state index contributed by atoms with van der Waals surface area (Å²) in [5.74, 6) is 0. The second-order valence-corrected chi connectivity index (χ2v) is 10.8. The standard InChI is InChI=1S/C23H35NO6S/c1-18-12-14-20(15-13-18)31(26,27)29-16-10-8-7-9-11-19-17-28-23(5,6)24(19)21(25)30-22(2,3)4/h9,11-15,19H,7-8,10,16-17H2,1-6H3/b11-9-/t19-/m1/s1. The number of benzene rings is 1. The maximum atomic E-state index is 12.6. The molecule has 1 aliphatic rings. The van der Waals surface area contributed by atoms with Gasteiger partial charge in [-0.05, 0) is 72.9 Å². The minimum atomic E-state index is -3.72. The Bertz CT molecular complexity index is 868. The van der Waals surface area contributed by atoms with Crippen molar-refractivity contribution >= 4 is 16.2 Å². The van der Waals surface area contributed by atoms with Crippen LogP contribution in [0.5, 0.6) is 0 Å². The van der Waals surface area contributed by atoms with E-state index in [0.29, 0.717) is 13.0 Å². The van der Waals surface area contributed by atoms with Crippen LogP contribution < -0.4 is 0 Å². The zero-order chi connectivity index (χ0) is 23.3. The lowest BCUT2D eigenvalue weighted by Gasteiger charge is -2.34. The molecule has 1 heterocycles. The van der Waals surface area contributed by atoms with Gasteiger partial charge < -0.3 is 9.47 Å². The molecule has 8 heteroatoms. The van der Waals surface area contributed by atoms with Gasteiger partial charge in [-0.2, -0.15) is 8.42 Å². The number of hydrogen-bond acceptors (Lipinski definition) is 6. The van der Waals surface area contributed by atoms with Crippen molar-refractivity contribution in [2.75, 3.05) is 13.2 Å². The molecular weight excluding hydrogens is 418 g/mol. The Hall–Kier alpha value is -1.90. The number of amides is 1. The summed E-state index contributed by atoms with van der Waals surface area (Å²) in [5.41, 5.74) is -0.328. The van der Waals surface area contributed by atoms with Crippen molar-refractivity contribution in [1.29, 1.82) is 0 Å². The van der Waals surface area contributed by atoms with Crippen LogP contribution in [0.4, 0.5) is 4.79 Å². The highest BCUT2D eigenvalue weighted by molar-refractivity contribution is 7.86. The molecular formula is C23H35NO6S. The van der Waals surface area contributed by atoms with Gasteiger partial charge >= 0.3 is 6.09 Å². The fourth-order valence-corrected chi connectivity index (χ4v) is 4.14. The first-order chi connectivity index (χ1) is 14.3. The van der Waals surface area contributed by atoms with E-state index in [-0.39, 0.29) is 17.5 Å². The number of rotatable bonds is 8. The predicted octanol–water partition coefficient (Wildman–Crippen LogP) is 4.80. The van der Waals surface area contributed by atoms with Gasteiger partial charge in [-0.25, -0.2) is 4.79 Å². The molecule has 1 fully saturated rings. The summed E-state index contributed by atoms with van der Waals surface area (Å²) in [5, 5.41) is 0. The molecule has 7 nitrogen and oxygen atoms in total. The van der Waals surface area contributed by atoms with Crippen LogP contribution in [0.15, 0.2) is 41.3 Å². The normalized spacial score (nSPS) is 19.2. The summed E-state index contributed by atoms with van der Waals surface area (Å²) in [6.07, 6.45) is 5.65. The number of unbranched alkanes of at least 4 members (excludes halogenated alkanes) is 2. The Morgan fingerprint density at radius 2 is 1.87 bits per heavy atom. The van der Waals surface area contributed by atoms with Crippen molar-refractivity contribution in [2.24, 2.45) is 0 Å². The molecule has 174 valence electrons. The van der Waals surface area contributed by atoms with Crippen LogP contribution in [0.1, 0.15) is 59.4 Å². The van der Waals surface area contributed by atoms with E-state index in [0.717, 1.165) is 18.4 Å². The molecule has 0 spiro atoms. The molecule has 0 radical (unpaired) electrons. The first-order valence-corrected chi connectivity index (χ1v) is 12.0. The summed E-state index contributed by atoms with van der Waals surface area (Å²) >= 11 is 0. The van der Waals surface area contributed by atoms with Crippen molar-refractivity contribution in [2.45, 2.75) is 83.1 Å². The second kappa shape index (κ2) is 10.1. The van der Waals surface area contributed by atoms with Gasteiger partial charge in [-0.1, -0.05) is 29.8 Å². The molecule has 1 aliphatic heterocycles. The Morgan fingerprint density at radius 3 is 2.48 bits per heavy atom. The van der Waals surface area contributed by atoms with E-state index in [1.54, 1.807) is 29.2 Å². The number of carbonyl (C=O) groups excluding carboxylic acids is 1. The molecule has 0 aliphatic carbocycles. The monoisotopic (exact) mass is 453 g/mol. The smallest absolute Gasteiger partial charge is 0.413 e. The minimum Gasteiger partial charge on any atom is -0.444 e. The average Bonchev–Trinajstić information content (AvgIpc) is 2.94. The maximum absolute atomic E-state index is 12.6. The van der Waals surface area contributed by atoms with Crippen molar-refractivity contribution in [3.63, 3.8) is 0 Å². The second-order valence-electron chi connectivity index (χ2n) is 9.19. The van der Waals surface area contributed by atoms with E-state index in [4.69, 9.17) is 13.7 Å². The van der Waals surface area contributed by atoms with Gasteiger partial charge in [0.1, 0.15) is 11.3 Å². The SMILES string of the molecule is Cc1ccc(S(=O)(=O)OCCCC/C=C\[C@@H]2COC(C)(C)N2C(=O)OC(C)(C)C)cc1. The van der Waals surface area contributed by atoms with Gasteiger partial charge in [-0.3, -0.25) is 9.08 Å². The number of hydrogen-bond donors (Lipinski definition) is 0. The molecule has 0 unspecified atom stereocenters. The Balaban J connectivity index is 1.79. The van der Waals surface area contributed by atoms with Crippen LogP contribution >= 0.6 is 0 Å². The molecule has 0 aromatic heterocycles. The molecule has 1 atom stereocenters. The zero-order valence-corrected chi connectivity index (χ0v) is 20.2. The lowest BCUT2D eigenvalue weighted by molar-refractivity contribution is -0.0610. The van der Waals surface area contributed by atoms with Gasteiger partial charge in [0.05, 0.1) is 24.2 Å². The van der Waals surface area contributed by atoms with E-state index >= 15 is 0 Å². The summed E-state index contributed by atoms with van der Waals surface area (Å²) < 4.78 is 40.7. The third-order valence-corrected chi connectivity index (χ3v) is 6.11. The summed E-state index contributed by atoms with van der Waals surface area (Å²) in [7, 11) is -3.72. The number of carbonyl (C=O) groups is 1. The first kappa shape index (κ1) is 25.4. The quantitative estimate of drug-likeness (QED) is 0.319. The highest BCUT2D eigenvalue weighted by Gasteiger charge is 2.44. The van der Waals surface area contributed by atoms with Crippen LogP contribution in [-0.2, 0) is 23.8 Å². The van der Waals surface area contributed by atoms with Crippen LogP contribution in [0.25, 0.3) is 0 Å². The predicted molar refractivity (Wildman–Crippen MR) is 119 cm³/mol. The number of ether oxygens (including phenoxy) is 2. The van der Waals surface area contributed by atoms with E-state index in [1.807, 2.05) is 53.7 Å². The highest BCUT2D eigenvalue weighted by atomic mass is 32.2. The molecule has 1 aromatic rings. The molecule has 0 saturated carbocycles. The Labute approximate surface area is 186 Å². The zero-order valence-electron chi connectivity index (χ0n) is 19.4. The van der Waals surface area contributed by atoms with Crippen LogP contribution in [0.2, 0.25) is 0 Å². The third-order valence-electron chi connectivity index (χ3n) is 4.78. The molecule has 1 aromatic carbocycles. The van der Waals surface area contributed by atoms with Gasteiger partial charge in [-0.15, -0.1) is 0 Å². The fourth-order valence-electron chi connectivity index (χ4n) is 3.20. The molecule has 0 N–H and O–H groups in total. The van der Waals surface area contributed by atoms with Crippen molar-refractivity contribution < 1.29 is 26.9 Å². The van der Waals surface area contributed by atoms with Gasteiger partial charge in [0.25, 0.3) is 10.1 Å². The topological polar surface area (TPSA) is 82.1 Å². The first-order valence-electron chi connectivity index (χ1n) is 10.6. The number of aryl methyl sites for hydroxylation is 1. The van der Waals surface area contributed by atoms with E-state index < -0.39 is 27.5 Å². The Morgan fingerprint density at radius 1 is 1.23 bits per heavy atom. The van der Waals surface area contributed by atoms with Crippen molar-refractivity contribution in [1.82, 2.24) is 4.90 Å². The van der Waals surface area contributed by atoms with Crippen molar-refractivity contribution in [3.05, 3.63) is 42.0 Å². The minimum absolute atomic E-state index is 0.133. The lowest BCUT2D eigenvalue weighted by atomic mass is 10.1. The number of allylic oxidation sites excluding steroid dienone is 1. The number of nitrogens with zero attached hydrogens (tertiary/aromatic N) is 1. The van der Waals surface area contributed by atoms with Gasteiger partial charge in [0.15, 0.2) is 0 Å². The lowest BCUT2D eigenvalue weighted by Crippen LogP contribution is -2.49. The largest absolute Gasteiger partial charge is 0.444 e. The van der Waals surface area contributed by atoms with Crippen LogP contribution in [0.3, 0.4) is 0 Å². The maximum Gasteiger partial charge on any atom is 0.413 e. The molecule has 1 saturated heterocycles. The van der Waals surface area contributed by atoms with Crippen LogP contribution in [0, 0.1) is 6.92 Å². The summed E-state index contributed by atoms with van der Waals surface area (Å²) in [4.78, 5) is 14.4. The van der Waals surface area contributed by atoms with Gasteiger partial charge in [0.2, 0.25) is 0 Å².